The van der Waals surface area contributed by atoms with Crippen LogP contribution in [-0.2, 0) is 10.8 Å². The number of hydrogen-bond donors (Lipinski definition) is 1. The average Bonchev–Trinajstić information content (AvgIpc) is 2.30. The Kier molecular flexibility index (Phi) is 6.37. The zero-order chi connectivity index (χ0) is 12.7. The Morgan fingerprint density at radius 2 is 2.00 bits per heavy atom. The Morgan fingerprint density at radius 1 is 1.35 bits per heavy atom. The number of nitrogens with one attached hydrogen (secondary N) is 1. The summed E-state index contributed by atoms with van der Waals surface area (Å²) in [5.41, 5.74) is 0. The molecule has 1 aromatic rings. The molecule has 0 saturated carbocycles. The van der Waals surface area contributed by atoms with E-state index >= 15 is 0 Å². The fraction of sp³-hybridized carbons (Fsp3) is 0.538. The molecule has 0 aliphatic carbocycles. The molecule has 0 aromatic heterocycles. The van der Waals surface area contributed by atoms with Gasteiger partial charge in [0.05, 0.1) is 10.8 Å². The van der Waals surface area contributed by atoms with Crippen molar-refractivity contribution in [3.63, 3.8) is 0 Å². The summed E-state index contributed by atoms with van der Waals surface area (Å²) in [4.78, 5) is 0.711. The van der Waals surface area contributed by atoms with Crippen LogP contribution < -0.4 is 5.32 Å². The largest absolute Gasteiger partial charge is 0.315 e. The van der Waals surface area contributed by atoms with Gasteiger partial charge in [0, 0.05) is 16.7 Å². The third kappa shape index (κ3) is 5.41. The van der Waals surface area contributed by atoms with Crippen molar-refractivity contribution in [2.75, 3.05) is 12.3 Å². The van der Waals surface area contributed by atoms with Crippen LogP contribution in [0.4, 0.5) is 4.39 Å². The van der Waals surface area contributed by atoms with E-state index in [1.165, 1.54) is 12.1 Å². The molecule has 1 rings (SSSR count). The highest BCUT2D eigenvalue weighted by Gasteiger charge is 2.05. The van der Waals surface area contributed by atoms with Crippen molar-refractivity contribution < 1.29 is 8.60 Å². The van der Waals surface area contributed by atoms with Crippen LogP contribution in [-0.4, -0.2) is 22.5 Å². The van der Waals surface area contributed by atoms with Crippen LogP contribution in [0.5, 0.6) is 0 Å². The molecule has 0 spiro atoms. The molecule has 2 unspecified atom stereocenters. The summed E-state index contributed by atoms with van der Waals surface area (Å²) in [6.07, 6.45) is 1.93. The third-order valence-corrected chi connectivity index (χ3v) is 4.05. The molecule has 1 N–H and O–H groups in total. The molecule has 2 nitrogen and oxygen atoms in total. The van der Waals surface area contributed by atoms with E-state index in [9.17, 15) is 8.60 Å². The van der Waals surface area contributed by atoms with Crippen LogP contribution in [0.2, 0.25) is 0 Å². The van der Waals surface area contributed by atoms with Crippen LogP contribution in [0.1, 0.15) is 26.7 Å². The Morgan fingerprint density at radius 3 is 2.59 bits per heavy atom. The predicted octanol–water partition coefficient (Wildman–Crippen LogP) is 2.71. The first-order valence-corrected chi connectivity index (χ1v) is 7.32. The van der Waals surface area contributed by atoms with E-state index in [1.807, 2.05) is 0 Å². The summed E-state index contributed by atoms with van der Waals surface area (Å²) in [5.74, 6) is 0.355. The summed E-state index contributed by atoms with van der Waals surface area (Å²) in [6, 6.07) is 6.37. The normalized spacial score (nSPS) is 14.5. The molecule has 0 bridgehead atoms. The first-order chi connectivity index (χ1) is 8.13. The van der Waals surface area contributed by atoms with E-state index in [-0.39, 0.29) is 5.82 Å². The van der Waals surface area contributed by atoms with Crippen LogP contribution in [0, 0.1) is 5.82 Å². The Bertz CT molecular complexity index is 353. The first-order valence-electron chi connectivity index (χ1n) is 6.00. The molecule has 0 aliphatic rings. The summed E-state index contributed by atoms with van der Waals surface area (Å²) in [6.45, 7) is 5.17. The van der Waals surface area contributed by atoms with Crippen molar-refractivity contribution in [1.82, 2.24) is 5.32 Å². The summed E-state index contributed by atoms with van der Waals surface area (Å²) >= 11 is 0. The monoisotopic (exact) mass is 257 g/mol. The maximum atomic E-state index is 12.7. The lowest BCUT2D eigenvalue weighted by molar-refractivity contribution is 0.525. The van der Waals surface area contributed by atoms with Gasteiger partial charge in [-0.3, -0.25) is 4.21 Å². The van der Waals surface area contributed by atoms with E-state index in [2.05, 4.69) is 19.2 Å². The molecular weight excluding hydrogens is 237 g/mol. The summed E-state index contributed by atoms with van der Waals surface area (Å²) in [5, 5.41) is 3.32. The second kappa shape index (κ2) is 7.56. The molecule has 2 atom stereocenters. The fourth-order valence-corrected chi connectivity index (χ4v) is 2.78. The molecule has 1 aromatic carbocycles. The minimum Gasteiger partial charge on any atom is -0.315 e. The zero-order valence-corrected chi connectivity index (χ0v) is 11.2. The maximum Gasteiger partial charge on any atom is 0.123 e. The molecule has 96 valence electrons. The van der Waals surface area contributed by atoms with Gasteiger partial charge in [-0.05, 0) is 50.6 Å². The minimum absolute atomic E-state index is 0.286. The highest BCUT2D eigenvalue weighted by Crippen LogP contribution is 2.10. The summed E-state index contributed by atoms with van der Waals surface area (Å²) in [7, 11) is -1.01. The van der Waals surface area contributed by atoms with Crippen LogP contribution in [0.25, 0.3) is 0 Å². The quantitative estimate of drug-likeness (QED) is 0.813. The van der Waals surface area contributed by atoms with Gasteiger partial charge in [0.15, 0.2) is 0 Å². The second-order valence-electron chi connectivity index (χ2n) is 4.10. The van der Waals surface area contributed by atoms with Crippen molar-refractivity contribution in [1.29, 1.82) is 0 Å². The topological polar surface area (TPSA) is 29.1 Å². The van der Waals surface area contributed by atoms with Crippen molar-refractivity contribution in [3.05, 3.63) is 30.1 Å². The number of hydrogen-bond acceptors (Lipinski definition) is 2. The first kappa shape index (κ1) is 14.3. The van der Waals surface area contributed by atoms with Gasteiger partial charge in [-0.15, -0.1) is 0 Å². The van der Waals surface area contributed by atoms with Gasteiger partial charge < -0.3 is 5.32 Å². The Balaban J connectivity index is 2.32. The third-order valence-electron chi connectivity index (χ3n) is 2.60. The number of rotatable bonds is 7. The molecular formula is C13H20FNOS. The molecule has 0 amide bonds. The van der Waals surface area contributed by atoms with Gasteiger partial charge in [-0.2, -0.15) is 0 Å². The molecule has 0 radical (unpaired) electrons. The van der Waals surface area contributed by atoms with Gasteiger partial charge in [0.25, 0.3) is 0 Å². The van der Waals surface area contributed by atoms with Gasteiger partial charge in [-0.1, -0.05) is 6.92 Å². The SMILES string of the molecule is CCNC(C)CCCS(=O)c1ccc(F)cc1. The predicted molar refractivity (Wildman–Crippen MR) is 70.0 cm³/mol. The molecule has 0 aliphatic heterocycles. The van der Waals surface area contributed by atoms with Gasteiger partial charge in [0.1, 0.15) is 5.82 Å². The lowest BCUT2D eigenvalue weighted by Gasteiger charge is -2.11. The highest BCUT2D eigenvalue weighted by molar-refractivity contribution is 7.85. The van der Waals surface area contributed by atoms with Gasteiger partial charge in [-0.25, -0.2) is 4.39 Å². The lowest BCUT2D eigenvalue weighted by Crippen LogP contribution is -2.25. The van der Waals surface area contributed by atoms with E-state index < -0.39 is 10.8 Å². The molecule has 0 fully saturated rings. The van der Waals surface area contributed by atoms with Crippen molar-refractivity contribution >= 4 is 10.8 Å². The molecule has 4 heteroatoms. The summed E-state index contributed by atoms with van der Waals surface area (Å²) < 4.78 is 24.5. The highest BCUT2D eigenvalue weighted by atomic mass is 32.2. The average molecular weight is 257 g/mol. The number of halogens is 1. The van der Waals surface area contributed by atoms with Crippen molar-refractivity contribution in [3.8, 4) is 0 Å². The Labute approximate surface area is 105 Å². The van der Waals surface area contributed by atoms with Crippen LogP contribution in [0.3, 0.4) is 0 Å². The maximum absolute atomic E-state index is 12.7. The lowest BCUT2D eigenvalue weighted by atomic mass is 10.2. The van der Waals surface area contributed by atoms with Gasteiger partial charge in [0.2, 0.25) is 0 Å². The molecule has 0 heterocycles. The number of benzene rings is 1. The standard InChI is InChI=1S/C13H20FNOS/c1-3-15-11(2)5-4-10-17(16)13-8-6-12(14)7-9-13/h6-9,11,15H,3-5,10H2,1-2H3. The molecule has 0 saturated heterocycles. The van der Waals surface area contributed by atoms with Crippen LogP contribution in [0.15, 0.2) is 29.2 Å². The second-order valence-corrected chi connectivity index (χ2v) is 5.68. The fourth-order valence-electron chi connectivity index (χ4n) is 1.68. The molecule has 17 heavy (non-hydrogen) atoms. The Hall–Kier alpha value is -0.740. The van der Waals surface area contributed by atoms with E-state index in [0.29, 0.717) is 16.7 Å². The van der Waals surface area contributed by atoms with Crippen LogP contribution >= 0.6 is 0 Å². The smallest absolute Gasteiger partial charge is 0.123 e. The van der Waals surface area contributed by atoms with Crippen molar-refractivity contribution in [2.45, 2.75) is 37.6 Å². The zero-order valence-electron chi connectivity index (χ0n) is 10.4. The van der Waals surface area contributed by atoms with E-state index in [4.69, 9.17) is 0 Å². The minimum atomic E-state index is -1.01. The van der Waals surface area contributed by atoms with E-state index in [0.717, 1.165) is 19.4 Å². The van der Waals surface area contributed by atoms with E-state index in [1.54, 1.807) is 12.1 Å². The van der Waals surface area contributed by atoms with Crippen molar-refractivity contribution in [2.24, 2.45) is 0 Å². The van der Waals surface area contributed by atoms with Gasteiger partial charge >= 0.3 is 0 Å².